The molecule has 1 aromatic carbocycles. The number of ether oxygens (including phenoxy) is 1. The summed E-state index contributed by atoms with van der Waals surface area (Å²) in [5, 5.41) is 2.04. The van der Waals surface area contributed by atoms with Gasteiger partial charge in [-0.25, -0.2) is 4.98 Å². The third-order valence-corrected chi connectivity index (χ3v) is 3.19. The topological polar surface area (TPSA) is 67.9 Å². The van der Waals surface area contributed by atoms with E-state index < -0.39 is 0 Å². The zero-order valence-corrected chi connectivity index (χ0v) is 11.7. The molecule has 0 radical (unpaired) electrons. The van der Waals surface area contributed by atoms with Crippen molar-refractivity contribution >= 4 is 10.8 Å². The van der Waals surface area contributed by atoms with Gasteiger partial charge in [-0.1, -0.05) is 18.2 Å². The fourth-order valence-corrected chi connectivity index (χ4v) is 2.25. The minimum Gasteiger partial charge on any atom is -0.374 e. The molecule has 2 heterocycles. The van der Waals surface area contributed by atoms with Crippen LogP contribution >= 0.6 is 0 Å². The quantitative estimate of drug-likeness (QED) is 0.798. The average Bonchev–Trinajstić information content (AvgIpc) is 2.52. The second-order valence-electron chi connectivity index (χ2n) is 4.62. The molecule has 0 atom stereocenters. The van der Waals surface area contributed by atoms with Crippen LogP contribution in [0, 0.1) is 0 Å². The van der Waals surface area contributed by atoms with Crippen molar-refractivity contribution in [2.75, 3.05) is 6.61 Å². The monoisotopic (exact) mass is 281 g/mol. The highest BCUT2D eigenvalue weighted by Crippen LogP contribution is 2.25. The zero-order chi connectivity index (χ0) is 14.7. The van der Waals surface area contributed by atoms with Crippen LogP contribution in [0.25, 0.3) is 22.0 Å². The Bertz CT molecular complexity index is 822. The Hall–Kier alpha value is -2.53. The summed E-state index contributed by atoms with van der Waals surface area (Å²) in [7, 11) is 0. The van der Waals surface area contributed by atoms with Gasteiger partial charge >= 0.3 is 0 Å². The third-order valence-electron chi connectivity index (χ3n) is 3.19. The summed E-state index contributed by atoms with van der Waals surface area (Å²) >= 11 is 0. The van der Waals surface area contributed by atoms with Crippen LogP contribution < -0.4 is 5.56 Å². The number of nitrogens with zero attached hydrogens (tertiary/aromatic N) is 2. The molecule has 106 valence electrons. The molecule has 0 saturated heterocycles. The summed E-state index contributed by atoms with van der Waals surface area (Å²) in [5.41, 5.74) is 1.34. The van der Waals surface area contributed by atoms with Gasteiger partial charge in [0, 0.05) is 36.0 Å². The second kappa shape index (κ2) is 5.85. The number of benzene rings is 1. The summed E-state index contributed by atoms with van der Waals surface area (Å²) in [6.45, 7) is 2.77. The van der Waals surface area contributed by atoms with Gasteiger partial charge in [-0.2, -0.15) is 0 Å². The van der Waals surface area contributed by atoms with Gasteiger partial charge in [0.05, 0.1) is 5.69 Å². The predicted molar refractivity (Wildman–Crippen MR) is 80.9 cm³/mol. The molecule has 3 rings (SSSR count). The fraction of sp³-hybridized carbons (Fsp3) is 0.188. The number of nitrogens with one attached hydrogen (secondary N) is 1. The third kappa shape index (κ3) is 2.83. The standard InChI is InChI=1S/C16H15N3O2/c1-2-21-10-15-18-14(8-16(20)19-15)12-5-3-4-11-6-7-17-9-13(11)12/h3-9H,2,10H2,1H3,(H,18,19,20). The molecule has 2 aromatic heterocycles. The number of pyridine rings is 1. The summed E-state index contributed by atoms with van der Waals surface area (Å²) in [6, 6.07) is 9.33. The first kappa shape index (κ1) is 13.5. The lowest BCUT2D eigenvalue weighted by Gasteiger charge is -2.07. The number of fused-ring (bicyclic) bond motifs is 1. The molecule has 0 fully saturated rings. The van der Waals surface area contributed by atoms with Gasteiger partial charge in [0.25, 0.3) is 5.56 Å². The van der Waals surface area contributed by atoms with Crippen LogP contribution in [0.15, 0.2) is 47.5 Å². The lowest BCUT2D eigenvalue weighted by Crippen LogP contribution is -2.12. The van der Waals surface area contributed by atoms with E-state index in [1.54, 1.807) is 12.4 Å². The molecule has 5 nitrogen and oxygen atoms in total. The summed E-state index contributed by atoms with van der Waals surface area (Å²) in [5.74, 6) is 0.528. The van der Waals surface area contributed by atoms with Crippen molar-refractivity contribution in [2.45, 2.75) is 13.5 Å². The number of hydrogen-bond acceptors (Lipinski definition) is 4. The van der Waals surface area contributed by atoms with Crippen LogP contribution in [0.3, 0.4) is 0 Å². The van der Waals surface area contributed by atoms with Gasteiger partial charge in [-0.3, -0.25) is 9.78 Å². The first-order valence-corrected chi connectivity index (χ1v) is 6.79. The first-order chi connectivity index (χ1) is 10.3. The Morgan fingerprint density at radius 1 is 1.29 bits per heavy atom. The summed E-state index contributed by atoms with van der Waals surface area (Å²) < 4.78 is 5.31. The van der Waals surface area contributed by atoms with Gasteiger partial charge in [-0.15, -0.1) is 0 Å². The highest BCUT2D eigenvalue weighted by molar-refractivity contribution is 5.95. The Morgan fingerprint density at radius 2 is 2.19 bits per heavy atom. The number of H-pyrrole nitrogens is 1. The van der Waals surface area contributed by atoms with E-state index in [-0.39, 0.29) is 5.56 Å². The highest BCUT2D eigenvalue weighted by Gasteiger charge is 2.08. The molecular weight excluding hydrogens is 266 g/mol. The van der Waals surface area contributed by atoms with E-state index in [1.165, 1.54) is 6.07 Å². The smallest absolute Gasteiger partial charge is 0.251 e. The predicted octanol–water partition coefficient (Wildman–Crippen LogP) is 2.52. The highest BCUT2D eigenvalue weighted by atomic mass is 16.5. The molecule has 0 amide bonds. The molecule has 0 bridgehead atoms. The molecule has 21 heavy (non-hydrogen) atoms. The van der Waals surface area contributed by atoms with Crippen LogP contribution in [0.5, 0.6) is 0 Å². The molecule has 1 N–H and O–H groups in total. The van der Waals surface area contributed by atoms with E-state index in [9.17, 15) is 4.79 Å². The zero-order valence-electron chi connectivity index (χ0n) is 11.7. The largest absolute Gasteiger partial charge is 0.374 e. The molecule has 3 aromatic rings. The van der Waals surface area contributed by atoms with Gasteiger partial charge in [0.1, 0.15) is 12.4 Å². The van der Waals surface area contributed by atoms with Crippen LogP contribution in [-0.2, 0) is 11.3 Å². The number of aromatic nitrogens is 3. The Labute approximate surface area is 121 Å². The average molecular weight is 281 g/mol. The van der Waals surface area contributed by atoms with Crippen molar-refractivity contribution in [2.24, 2.45) is 0 Å². The lowest BCUT2D eigenvalue weighted by molar-refractivity contribution is 0.128. The van der Waals surface area contributed by atoms with Crippen molar-refractivity contribution < 1.29 is 4.74 Å². The van der Waals surface area contributed by atoms with Crippen molar-refractivity contribution in [1.29, 1.82) is 0 Å². The molecule has 0 unspecified atom stereocenters. The van der Waals surface area contributed by atoms with Gasteiger partial charge in [0.15, 0.2) is 0 Å². The molecule has 0 aliphatic heterocycles. The maximum Gasteiger partial charge on any atom is 0.251 e. The van der Waals surface area contributed by atoms with E-state index in [2.05, 4.69) is 15.0 Å². The molecule has 0 aliphatic rings. The lowest BCUT2D eigenvalue weighted by atomic mass is 10.0. The fourth-order valence-electron chi connectivity index (χ4n) is 2.25. The van der Waals surface area contributed by atoms with E-state index in [0.717, 1.165) is 16.3 Å². The molecular formula is C16H15N3O2. The number of hydrogen-bond donors (Lipinski definition) is 1. The van der Waals surface area contributed by atoms with Crippen LogP contribution in [-0.4, -0.2) is 21.6 Å². The van der Waals surface area contributed by atoms with Gasteiger partial charge in [0.2, 0.25) is 0 Å². The summed E-state index contributed by atoms with van der Waals surface area (Å²) in [6.07, 6.45) is 3.54. The van der Waals surface area contributed by atoms with Crippen LogP contribution in [0.2, 0.25) is 0 Å². The van der Waals surface area contributed by atoms with Crippen LogP contribution in [0.1, 0.15) is 12.7 Å². The SMILES string of the molecule is CCOCc1nc(-c2cccc3ccncc23)cc(=O)[nH]1. The Morgan fingerprint density at radius 3 is 3.05 bits per heavy atom. The van der Waals surface area contributed by atoms with E-state index in [1.807, 2.05) is 31.2 Å². The van der Waals surface area contributed by atoms with E-state index in [0.29, 0.717) is 24.7 Å². The van der Waals surface area contributed by atoms with Gasteiger partial charge in [-0.05, 0) is 18.4 Å². The van der Waals surface area contributed by atoms with Crippen molar-refractivity contribution in [1.82, 2.24) is 15.0 Å². The first-order valence-electron chi connectivity index (χ1n) is 6.79. The van der Waals surface area contributed by atoms with Crippen molar-refractivity contribution in [3.8, 4) is 11.3 Å². The maximum atomic E-state index is 11.8. The van der Waals surface area contributed by atoms with Crippen molar-refractivity contribution in [3.05, 3.63) is 58.9 Å². The second-order valence-corrected chi connectivity index (χ2v) is 4.62. The number of aromatic amines is 1. The van der Waals surface area contributed by atoms with Crippen molar-refractivity contribution in [3.63, 3.8) is 0 Å². The van der Waals surface area contributed by atoms with E-state index >= 15 is 0 Å². The van der Waals surface area contributed by atoms with Crippen LogP contribution in [0.4, 0.5) is 0 Å². The Balaban J connectivity index is 2.14. The summed E-state index contributed by atoms with van der Waals surface area (Å²) in [4.78, 5) is 23.1. The molecule has 0 spiro atoms. The van der Waals surface area contributed by atoms with Gasteiger partial charge < -0.3 is 9.72 Å². The van der Waals surface area contributed by atoms with E-state index in [4.69, 9.17) is 4.74 Å². The Kier molecular flexibility index (Phi) is 3.75. The molecule has 0 aliphatic carbocycles. The molecule has 0 saturated carbocycles. The number of rotatable bonds is 4. The maximum absolute atomic E-state index is 11.8. The molecule has 5 heteroatoms. The minimum absolute atomic E-state index is 0.185. The normalized spacial score (nSPS) is 10.9. The minimum atomic E-state index is -0.185.